The summed E-state index contributed by atoms with van der Waals surface area (Å²) >= 11 is 0. The molecule has 0 saturated heterocycles. The molecule has 282 valence electrons. The fourth-order valence-electron chi connectivity index (χ4n) is 8.84. The second-order valence-electron chi connectivity index (χ2n) is 15.4. The molecule has 0 N–H and O–H groups in total. The van der Waals surface area contributed by atoms with E-state index in [0.29, 0.717) is 0 Å². The van der Waals surface area contributed by atoms with E-state index in [-0.39, 0.29) is 23.5 Å². The van der Waals surface area contributed by atoms with Crippen LogP contribution in [0.15, 0.2) is 157 Å². The Morgan fingerprint density at radius 3 is 2.14 bits per heavy atom. The number of fused-ring (bicyclic) bond motifs is 6. The summed E-state index contributed by atoms with van der Waals surface area (Å²) in [6, 6.07) is 47.6. The topological polar surface area (TPSA) is 47.9 Å². The van der Waals surface area contributed by atoms with Crippen LogP contribution >= 0.6 is 0 Å². The molecule has 0 radical (unpaired) electrons. The summed E-state index contributed by atoms with van der Waals surface area (Å²) in [5.74, 6) is 1.76. The molecule has 0 saturated carbocycles. The predicted octanol–water partition coefficient (Wildman–Crippen LogP) is 11.6. The Bertz CT molecular complexity index is 2360. The smallest absolute Gasteiger partial charge is 0.161 e. The Labute approximate surface area is 332 Å². The van der Waals surface area contributed by atoms with Gasteiger partial charge in [-0.15, -0.1) is 0 Å². The zero-order valence-electron chi connectivity index (χ0n) is 33.5. The maximum Gasteiger partial charge on any atom is 0.161 e. The van der Waals surface area contributed by atoms with Crippen LogP contribution in [0.3, 0.4) is 0 Å². The van der Waals surface area contributed by atoms with Crippen molar-refractivity contribution < 1.29 is 0 Å². The number of para-hydroxylation sites is 2. The number of anilines is 4. The molecule has 0 fully saturated rings. The molecule has 0 amide bonds. The first-order valence-corrected chi connectivity index (χ1v) is 20.1. The average molecular weight is 737 g/mol. The number of aromatic nitrogens is 2. The number of hydrogen-bond donors (Lipinski definition) is 0. The van der Waals surface area contributed by atoms with Crippen molar-refractivity contribution in [3.05, 3.63) is 180 Å². The number of likely N-dealkylation sites (N-methyl/N-ethyl adjacent to an activating group) is 1. The third-order valence-corrected chi connectivity index (χ3v) is 12.3. The second-order valence-corrected chi connectivity index (χ2v) is 15.4. The number of aryl methyl sites for hydroxylation is 1. The molecule has 2 aliphatic rings. The molecule has 2 aliphatic heterocycles. The lowest BCUT2D eigenvalue weighted by Crippen LogP contribution is -2.41. The van der Waals surface area contributed by atoms with Crippen molar-refractivity contribution in [1.29, 1.82) is 0 Å². The van der Waals surface area contributed by atoms with E-state index < -0.39 is 0 Å². The van der Waals surface area contributed by atoms with E-state index in [1.807, 2.05) is 6.20 Å². The molecule has 8 rings (SSSR count). The molecule has 0 spiro atoms. The first-order valence-electron chi connectivity index (χ1n) is 20.1. The minimum atomic E-state index is -0.167. The van der Waals surface area contributed by atoms with Crippen LogP contribution < -0.4 is 14.8 Å². The van der Waals surface area contributed by atoms with E-state index >= 15 is 0 Å². The van der Waals surface area contributed by atoms with Crippen LogP contribution in [0.1, 0.15) is 74.3 Å². The van der Waals surface area contributed by atoms with Crippen LogP contribution in [-0.4, -0.2) is 34.9 Å². The molecule has 0 aliphatic carbocycles. The number of hydrogen-bond acceptors (Lipinski definition) is 6. The molecule has 5 aromatic carbocycles. The monoisotopic (exact) mass is 736 g/mol. The lowest BCUT2D eigenvalue weighted by Gasteiger charge is -2.41. The lowest BCUT2D eigenvalue weighted by atomic mass is 9.70. The van der Waals surface area contributed by atoms with Crippen molar-refractivity contribution in [3.8, 4) is 11.4 Å². The van der Waals surface area contributed by atoms with Gasteiger partial charge in [0.2, 0.25) is 0 Å². The fraction of sp³-hybridized carbons (Fsp3) is 0.260. The third-order valence-electron chi connectivity index (χ3n) is 12.3. The SMILES string of the molecule is CCC1(CC)Cc2ccccc2N(N=C(C)c2ccccc2)C(C(C)c2ccccc2)C=CC2N(C)c3nc(-c4ccccc4C)ncc3N2c2ccccc21. The van der Waals surface area contributed by atoms with Crippen molar-refractivity contribution in [3.63, 3.8) is 0 Å². The lowest BCUT2D eigenvalue weighted by molar-refractivity contribution is 0.392. The van der Waals surface area contributed by atoms with Gasteiger partial charge in [0, 0.05) is 29.6 Å². The standard InChI is InChI=1S/C50H52N6/c1-7-50(8-2)33-40-26-16-19-29-44(40)56(53-37(5)39-24-13-10-14-25-39)43(36(4)38-22-11-9-12-23-38)31-32-47-54(6)49-46(55(47)45-30-20-18-28-42(45)50)34-51-48(52-49)41-27-17-15-21-35(41)3/h9-32,34,36,43,47H,7-8,33H2,1-6H3. The minimum Gasteiger partial charge on any atom is -0.334 e. The first kappa shape index (κ1) is 36.9. The maximum atomic E-state index is 5.59. The summed E-state index contributed by atoms with van der Waals surface area (Å²) in [5, 5.41) is 7.91. The van der Waals surface area contributed by atoms with E-state index in [0.717, 1.165) is 64.7 Å². The number of hydrazone groups is 1. The Kier molecular flexibility index (Phi) is 10.3. The highest BCUT2D eigenvalue weighted by Gasteiger charge is 2.41. The molecule has 3 unspecified atom stereocenters. The van der Waals surface area contributed by atoms with Crippen molar-refractivity contribution in [1.82, 2.24) is 9.97 Å². The van der Waals surface area contributed by atoms with Crippen LogP contribution in [0.2, 0.25) is 0 Å². The van der Waals surface area contributed by atoms with E-state index in [1.165, 1.54) is 22.4 Å². The quantitative estimate of drug-likeness (QED) is 0.121. The highest BCUT2D eigenvalue weighted by Crippen LogP contribution is 2.49. The van der Waals surface area contributed by atoms with Gasteiger partial charge in [0.15, 0.2) is 11.6 Å². The molecular formula is C50H52N6. The average Bonchev–Trinajstić information content (AvgIpc) is 3.52. The normalized spacial score (nSPS) is 18.2. The molecule has 1 aromatic heterocycles. The molecule has 3 heterocycles. The number of nitrogens with zero attached hydrogens (tertiary/aromatic N) is 6. The molecule has 6 nitrogen and oxygen atoms in total. The fourth-order valence-corrected chi connectivity index (χ4v) is 8.84. The molecule has 0 bridgehead atoms. The van der Waals surface area contributed by atoms with E-state index in [2.05, 4.69) is 202 Å². The highest BCUT2D eigenvalue weighted by molar-refractivity contribution is 5.99. The van der Waals surface area contributed by atoms with Gasteiger partial charge >= 0.3 is 0 Å². The Balaban J connectivity index is 1.39. The van der Waals surface area contributed by atoms with Crippen LogP contribution in [0, 0.1) is 6.92 Å². The Morgan fingerprint density at radius 2 is 1.41 bits per heavy atom. The van der Waals surface area contributed by atoms with Gasteiger partial charge in [-0.1, -0.05) is 148 Å². The van der Waals surface area contributed by atoms with Gasteiger partial charge in [0.25, 0.3) is 0 Å². The first-order chi connectivity index (χ1) is 27.3. The maximum absolute atomic E-state index is 5.59. The molecule has 6 aromatic rings. The largest absolute Gasteiger partial charge is 0.334 e. The third kappa shape index (κ3) is 6.68. The van der Waals surface area contributed by atoms with Crippen LogP contribution in [0.4, 0.5) is 22.9 Å². The summed E-state index contributed by atoms with van der Waals surface area (Å²) in [7, 11) is 2.17. The zero-order valence-corrected chi connectivity index (χ0v) is 33.5. The van der Waals surface area contributed by atoms with Crippen LogP contribution in [0.5, 0.6) is 0 Å². The van der Waals surface area contributed by atoms with Gasteiger partial charge in [0.1, 0.15) is 11.9 Å². The van der Waals surface area contributed by atoms with Gasteiger partial charge in [-0.25, -0.2) is 9.97 Å². The minimum absolute atomic E-state index is 0.0974. The second kappa shape index (κ2) is 15.6. The molecule has 56 heavy (non-hydrogen) atoms. The predicted molar refractivity (Wildman–Crippen MR) is 234 cm³/mol. The molecule has 3 atom stereocenters. The van der Waals surface area contributed by atoms with Gasteiger partial charge in [0.05, 0.1) is 23.6 Å². The summed E-state index contributed by atoms with van der Waals surface area (Å²) < 4.78 is 0. The van der Waals surface area contributed by atoms with Crippen molar-refractivity contribution in [2.24, 2.45) is 5.10 Å². The van der Waals surface area contributed by atoms with Crippen molar-refractivity contribution >= 4 is 28.6 Å². The molecule has 6 heteroatoms. The summed E-state index contributed by atoms with van der Waals surface area (Å²) in [5.41, 5.74) is 11.4. The number of benzene rings is 5. The Morgan fingerprint density at radius 1 is 0.768 bits per heavy atom. The van der Waals surface area contributed by atoms with E-state index in [1.54, 1.807) is 0 Å². The van der Waals surface area contributed by atoms with Crippen LogP contribution in [-0.2, 0) is 11.8 Å². The van der Waals surface area contributed by atoms with Gasteiger partial charge < -0.3 is 9.80 Å². The van der Waals surface area contributed by atoms with E-state index in [9.17, 15) is 0 Å². The zero-order chi connectivity index (χ0) is 38.8. The van der Waals surface area contributed by atoms with Crippen molar-refractivity contribution in [2.45, 2.75) is 77.4 Å². The highest BCUT2D eigenvalue weighted by atomic mass is 15.5. The number of rotatable bonds is 7. The van der Waals surface area contributed by atoms with Crippen LogP contribution in [0.25, 0.3) is 11.4 Å². The van der Waals surface area contributed by atoms with Crippen molar-refractivity contribution in [2.75, 3.05) is 21.9 Å². The van der Waals surface area contributed by atoms with Gasteiger partial charge in [-0.3, -0.25) is 5.01 Å². The molecular weight excluding hydrogens is 685 g/mol. The Hall–Kier alpha value is -6.01. The summed E-state index contributed by atoms with van der Waals surface area (Å²) in [6.45, 7) is 11.3. The summed E-state index contributed by atoms with van der Waals surface area (Å²) in [6.07, 6.45) is 9.46. The van der Waals surface area contributed by atoms with E-state index in [4.69, 9.17) is 15.1 Å². The van der Waals surface area contributed by atoms with Gasteiger partial charge in [-0.05, 0) is 79.1 Å². The summed E-state index contributed by atoms with van der Waals surface area (Å²) in [4.78, 5) is 15.1. The van der Waals surface area contributed by atoms with Gasteiger partial charge in [-0.2, -0.15) is 5.10 Å².